The molecule has 19 heavy (non-hydrogen) atoms. The molecular formula is C15H13NaO3. The summed E-state index contributed by atoms with van der Waals surface area (Å²) >= 11 is 0. The number of benzene rings is 2. The smallest absolute Gasteiger partial charge is 0.545 e. The number of ether oxygens (including phenoxy) is 1. The first-order valence-electron chi connectivity index (χ1n) is 5.65. The molecule has 0 saturated heterocycles. The Kier molecular flexibility index (Phi) is 6.09. The molecule has 0 amide bonds. The Morgan fingerprint density at radius 2 is 1.84 bits per heavy atom. The molecule has 92 valence electrons. The summed E-state index contributed by atoms with van der Waals surface area (Å²) in [5.74, 6) is -0.625. The topological polar surface area (TPSA) is 49.4 Å². The van der Waals surface area contributed by atoms with Crippen LogP contribution in [0.4, 0.5) is 0 Å². The van der Waals surface area contributed by atoms with E-state index in [2.05, 4.69) is 0 Å². The van der Waals surface area contributed by atoms with Gasteiger partial charge in [0.25, 0.3) is 0 Å². The molecule has 0 N–H and O–H groups in total. The van der Waals surface area contributed by atoms with Gasteiger partial charge in [-0.15, -0.1) is 0 Å². The first-order valence-corrected chi connectivity index (χ1v) is 5.65. The normalized spacial score (nSPS) is 9.53. The minimum atomic E-state index is -1.19. The van der Waals surface area contributed by atoms with Crippen molar-refractivity contribution in [2.24, 2.45) is 0 Å². The average Bonchev–Trinajstić information content (AvgIpc) is 2.38. The quantitative estimate of drug-likeness (QED) is 0.662. The van der Waals surface area contributed by atoms with E-state index in [0.717, 1.165) is 11.1 Å². The summed E-state index contributed by atoms with van der Waals surface area (Å²) in [6.07, 6.45) is 0. The molecule has 0 aliphatic carbocycles. The molecule has 4 heteroatoms. The van der Waals surface area contributed by atoms with Crippen LogP contribution in [0.3, 0.4) is 0 Å². The van der Waals surface area contributed by atoms with Gasteiger partial charge in [-0.05, 0) is 24.1 Å². The van der Waals surface area contributed by atoms with E-state index in [1.165, 1.54) is 12.1 Å². The van der Waals surface area contributed by atoms with Gasteiger partial charge in [-0.2, -0.15) is 0 Å². The molecule has 0 bridgehead atoms. The summed E-state index contributed by atoms with van der Waals surface area (Å²) in [5, 5.41) is 10.8. The molecule has 2 aromatic carbocycles. The monoisotopic (exact) mass is 264 g/mol. The maximum atomic E-state index is 10.8. The number of aryl methyl sites for hydroxylation is 1. The van der Waals surface area contributed by atoms with E-state index < -0.39 is 5.97 Å². The predicted molar refractivity (Wildman–Crippen MR) is 66.3 cm³/mol. The summed E-state index contributed by atoms with van der Waals surface area (Å²) in [7, 11) is 0. The summed E-state index contributed by atoms with van der Waals surface area (Å²) in [4.78, 5) is 10.8. The molecule has 0 saturated carbocycles. The average molecular weight is 264 g/mol. The van der Waals surface area contributed by atoms with Crippen molar-refractivity contribution in [3.05, 3.63) is 65.2 Å². The standard InChI is InChI=1S/C15H14O3.Na/c1-11-7-8-13(15(16)17)9-14(11)18-10-12-5-3-2-4-6-12;/h2-9H,10H2,1H3,(H,16,17);/q;+1/p-1. The van der Waals surface area contributed by atoms with Crippen molar-refractivity contribution in [3.63, 3.8) is 0 Å². The van der Waals surface area contributed by atoms with Crippen LogP contribution in [-0.4, -0.2) is 5.97 Å². The molecule has 0 aliphatic rings. The van der Waals surface area contributed by atoms with Crippen molar-refractivity contribution in [1.29, 1.82) is 0 Å². The van der Waals surface area contributed by atoms with E-state index in [4.69, 9.17) is 4.74 Å². The van der Waals surface area contributed by atoms with Crippen LogP contribution in [0, 0.1) is 6.92 Å². The van der Waals surface area contributed by atoms with Gasteiger partial charge in [-0.25, -0.2) is 0 Å². The van der Waals surface area contributed by atoms with Crippen molar-refractivity contribution in [2.75, 3.05) is 0 Å². The maximum Gasteiger partial charge on any atom is 1.00 e. The molecule has 2 aromatic rings. The van der Waals surface area contributed by atoms with E-state index in [-0.39, 0.29) is 35.1 Å². The van der Waals surface area contributed by atoms with E-state index in [9.17, 15) is 9.90 Å². The molecular weight excluding hydrogens is 251 g/mol. The predicted octanol–water partition coefficient (Wildman–Crippen LogP) is -1.06. The molecule has 3 nitrogen and oxygen atoms in total. The number of aromatic carboxylic acids is 1. The van der Waals surface area contributed by atoms with Crippen molar-refractivity contribution in [2.45, 2.75) is 13.5 Å². The zero-order valence-electron chi connectivity index (χ0n) is 11.1. The van der Waals surface area contributed by atoms with Crippen molar-refractivity contribution in [1.82, 2.24) is 0 Å². The van der Waals surface area contributed by atoms with Crippen molar-refractivity contribution in [3.8, 4) is 5.75 Å². The molecule has 0 aliphatic heterocycles. The Labute approximate surface area is 134 Å². The summed E-state index contributed by atoms with van der Waals surface area (Å²) in [6, 6.07) is 14.4. The number of hydrogen-bond donors (Lipinski definition) is 0. The van der Waals surface area contributed by atoms with Crippen LogP contribution in [-0.2, 0) is 6.61 Å². The molecule has 0 atom stereocenters. The van der Waals surface area contributed by atoms with Gasteiger partial charge in [-0.1, -0.05) is 42.5 Å². The number of carbonyl (C=O) groups is 1. The van der Waals surface area contributed by atoms with Crippen LogP contribution >= 0.6 is 0 Å². The molecule has 0 unspecified atom stereocenters. The maximum absolute atomic E-state index is 10.8. The zero-order chi connectivity index (χ0) is 13.0. The Morgan fingerprint density at radius 3 is 2.47 bits per heavy atom. The van der Waals surface area contributed by atoms with Gasteiger partial charge < -0.3 is 14.6 Å². The van der Waals surface area contributed by atoms with Crippen LogP contribution in [0.5, 0.6) is 5.75 Å². The Bertz CT molecular complexity index is 553. The molecule has 0 fully saturated rings. The number of carboxylic acid groups (broad SMARTS) is 1. The third-order valence-electron chi connectivity index (χ3n) is 2.66. The first kappa shape index (κ1) is 15.8. The summed E-state index contributed by atoms with van der Waals surface area (Å²) < 4.78 is 5.62. The molecule has 0 radical (unpaired) electrons. The molecule has 0 spiro atoms. The van der Waals surface area contributed by atoms with Crippen molar-refractivity contribution < 1.29 is 44.2 Å². The van der Waals surface area contributed by atoms with Gasteiger partial charge in [0.1, 0.15) is 12.4 Å². The second kappa shape index (κ2) is 7.34. The van der Waals surface area contributed by atoms with Gasteiger partial charge in [0.05, 0.1) is 5.97 Å². The van der Waals surface area contributed by atoms with Crippen LogP contribution in [0.15, 0.2) is 48.5 Å². The SMILES string of the molecule is Cc1ccc(C(=O)[O-])cc1OCc1ccccc1.[Na+]. The van der Waals surface area contributed by atoms with Crippen LogP contribution < -0.4 is 39.4 Å². The van der Waals surface area contributed by atoms with E-state index in [1.807, 2.05) is 37.3 Å². The van der Waals surface area contributed by atoms with Gasteiger partial charge in [0.2, 0.25) is 0 Å². The van der Waals surface area contributed by atoms with Crippen LogP contribution in [0.2, 0.25) is 0 Å². The Hall–Kier alpha value is -1.29. The van der Waals surface area contributed by atoms with Crippen molar-refractivity contribution >= 4 is 5.97 Å². The fraction of sp³-hybridized carbons (Fsp3) is 0.133. The van der Waals surface area contributed by atoms with Crippen LogP contribution in [0.25, 0.3) is 0 Å². The van der Waals surface area contributed by atoms with Gasteiger partial charge in [0.15, 0.2) is 0 Å². The van der Waals surface area contributed by atoms with Gasteiger partial charge in [-0.3, -0.25) is 0 Å². The van der Waals surface area contributed by atoms with Gasteiger partial charge >= 0.3 is 29.6 Å². The number of rotatable bonds is 4. The van der Waals surface area contributed by atoms with E-state index in [1.54, 1.807) is 6.07 Å². The fourth-order valence-corrected chi connectivity index (χ4v) is 1.62. The Morgan fingerprint density at radius 1 is 1.16 bits per heavy atom. The van der Waals surface area contributed by atoms with Crippen LogP contribution in [0.1, 0.15) is 21.5 Å². The summed E-state index contributed by atoms with van der Waals surface area (Å²) in [6.45, 7) is 2.29. The number of hydrogen-bond acceptors (Lipinski definition) is 3. The van der Waals surface area contributed by atoms with E-state index in [0.29, 0.717) is 12.4 Å². The Balaban J connectivity index is 0.00000180. The minimum absolute atomic E-state index is 0. The third-order valence-corrected chi connectivity index (χ3v) is 2.66. The first-order chi connectivity index (χ1) is 8.66. The van der Waals surface area contributed by atoms with Gasteiger partial charge in [0, 0.05) is 5.56 Å². The second-order valence-electron chi connectivity index (χ2n) is 4.04. The fourth-order valence-electron chi connectivity index (χ4n) is 1.62. The number of carbonyl (C=O) groups excluding carboxylic acids is 1. The minimum Gasteiger partial charge on any atom is -0.545 e. The number of carboxylic acids is 1. The molecule has 0 aromatic heterocycles. The zero-order valence-corrected chi connectivity index (χ0v) is 13.1. The molecule has 2 rings (SSSR count). The molecule has 0 heterocycles. The summed E-state index contributed by atoms with van der Waals surface area (Å²) in [5.41, 5.74) is 2.07. The van der Waals surface area contributed by atoms with E-state index >= 15 is 0 Å². The largest absolute Gasteiger partial charge is 1.00 e. The third kappa shape index (κ3) is 4.39. The second-order valence-corrected chi connectivity index (χ2v) is 4.04.